The van der Waals surface area contributed by atoms with Crippen LogP contribution in [0.3, 0.4) is 0 Å². The molecule has 0 aromatic rings. The minimum atomic E-state index is -0.783. The van der Waals surface area contributed by atoms with Gasteiger partial charge in [0.2, 0.25) is 0 Å². The summed E-state index contributed by atoms with van der Waals surface area (Å²) in [5.41, 5.74) is 0.538. The summed E-state index contributed by atoms with van der Waals surface area (Å²) < 4.78 is 5.52. The van der Waals surface area contributed by atoms with Gasteiger partial charge in [-0.25, -0.2) is 4.79 Å². The van der Waals surface area contributed by atoms with E-state index in [-0.39, 0.29) is 6.10 Å². The zero-order valence-electron chi connectivity index (χ0n) is 7.95. The van der Waals surface area contributed by atoms with Crippen molar-refractivity contribution in [1.29, 1.82) is 0 Å². The lowest BCUT2D eigenvalue weighted by Crippen LogP contribution is -2.18. The average Bonchev–Trinajstić information content (AvgIpc) is 2.15. The largest absolute Gasteiger partial charge is 0.478 e. The second-order valence-electron chi connectivity index (χ2n) is 3.30. The summed E-state index contributed by atoms with van der Waals surface area (Å²) in [6, 6.07) is 0. The summed E-state index contributed by atoms with van der Waals surface area (Å²) in [6.45, 7) is 2.85. The minimum absolute atomic E-state index is 0.239. The van der Waals surface area contributed by atoms with Crippen molar-refractivity contribution in [3.05, 3.63) is 11.6 Å². The molecule has 0 spiro atoms. The SMILES string of the molecule is CCCO[C@H]1CC=C(C(=O)O)CC1. The van der Waals surface area contributed by atoms with Crippen LogP contribution in [-0.4, -0.2) is 23.8 Å². The highest BCUT2D eigenvalue weighted by molar-refractivity contribution is 5.86. The minimum Gasteiger partial charge on any atom is -0.478 e. The number of carbonyl (C=O) groups is 1. The van der Waals surface area contributed by atoms with Crippen LogP contribution in [0.2, 0.25) is 0 Å². The van der Waals surface area contributed by atoms with Crippen LogP contribution < -0.4 is 0 Å². The summed E-state index contributed by atoms with van der Waals surface area (Å²) in [7, 11) is 0. The number of ether oxygens (including phenoxy) is 1. The Morgan fingerprint density at radius 1 is 1.77 bits per heavy atom. The van der Waals surface area contributed by atoms with Crippen LogP contribution in [0.4, 0.5) is 0 Å². The zero-order valence-corrected chi connectivity index (χ0v) is 7.95. The van der Waals surface area contributed by atoms with E-state index in [9.17, 15) is 4.79 Å². The third-order valence-electron chi connectivity index (χ3n) is 2.20. The molecule has 3 nitrogen and oxygen atoms in total. The molecule has 0 heterocycles. The summed E-state index contributed by atoms with van der Waals surface area (Å²) in [5, 5.41) is 8.69. The first-order valence-corrected chi connectivity index (χ1v) is 4.78. The number of aliphatic carboxylic acids is 1. The highest BCUT2D eigenvalue weighted by atomic mass is 16.5. The fourth-order valence-corrected chi connectivity index (χ4v) is 1.44. The molecule has 0 saturated heterocycles. The lowest BCUT2D eigenvalue weighted by molar-refractivity contribution is -0.133. The Kier molecular flexibility index (Phi) is 3.96. The van der Waals surface area contributed by atoms with Gasteiger partial charge in [-0.1, -0.05) is 13.0 Å². The number of hydrogen-bond acceptors (Lipinski definition) is 2. The van der Waals surface area contributed by atoms with E-state index < -0.39 is 5.97 Å². The van der Waals surface area contributed by atoms with Crippen molar-refractivity contribution in [2.24, 2.45) is 0 Å². The maximum Gasteiger partial charge on any atom is 0.331 e. The van der Waals surface area contributed by atoms with Crippen LogP contribution in [0, 0.1) is 0 Å². The normalized spacial score (nSPS) is 22.5. The van der Waals surface area contributed by atoms with Crippen LogP contribution in [0.25, 0.3) is 0 Å². The van der Waals surface area contributed by atoms with Crippen LogP contribution in [-0.2, 0) is 9.53 Å². The van der Waals surface area contributed by atoms with Crippen LogP contribution in [0.5, 0.6) is 0 Å². The predicted molar refractivity (Wildman–Crippen MR) is 49.6 cm³/mol. The number of carboxylic acids is 1. The Balaban J connectivity index is 2.33. The summed E-state index contributed by atoms with van der Waals surface area (Å²) in [6.07, 6.45) is 5.28. The van der Waals surface area contributed by atoms with Crippen LogP contribution >= 0.6 is 0 Å². The van der Waals surface area contributed by atoms with E-state index in [0.717, 1.165) is 25.9 Å². The van der Waals surface area contributed by atoms with Gasteiger partial charge in [0, 0.05) is 12.2 Å². The molecule has 0 unspecified atom stereocenters. The van der Waals surface area contributed by atoms with Crippen molar-refractivity contribution < 1.29 is 14.6 Å². The van der Waals surface area contributed by atoms with E-state index in [2.05, 4.69) is 6.92 Å². The van der Waals surface area contributed by atoms with Gasteiger partial charge in [-0.15, -0.1) is 0 Å². The lowest BCUT2D eigenvalue weighted by Gasteiger charge is -2.20. The molecule has 0 aliphatic heterocycles. The molecular formula is C10H16O3. The Labute approximate surface area is 78.4 Å². The van der Waals surface area contributed by atoms with Crippen molar-refractivity contribution in [2.45, 2.75) is 38.7 Å². The summed E-state index contributed by atoms with van der Waals surface area (Å²) in [4.78, 5) is 10.6. The van der Waals surface area contributed by atoms with Gasteiger partial charge in [-0.3, -0.25) is 0 Å². The molecule has 13 heavy (non-hydrogen) atoms. The van der Waals surface area contributed by atoms with E-state index in [1.807, 2.05) is 0 Å². The molecule has 0 saturated carbocycles. The van der Waals surface area contributed by atoms with Crippen LogP contribution in [0.1, 0.15) is 32.6 Å². The molecule has 0 amide bonds. The third kappa shape index (κ3) is 3.19. The van der Waals surface area contributed by atoms with Crippen molar-refractivity contribution in [3.63, 3.8) is 0 Å². The number of hydrogen-bond donors (Lipinski definition) is 1. The molecule has 1 N–H and O–H groups in total. The molecular weight excluding hydrogens is 168 g/mol. The molecule has 1 aliphatic rings. The maximum atomic E-state index is 10.6. The van der Waals surface area contributed by atoms with Crippen LogP contribution in [0.15, 0.2) is 11.6 Å². The highest BCUT2D eigenvalue weighted by Gasteiger charge is 2.17. The first-order chi connectivity index (χ1) is 6.24. The van der Waals surface area contributed by atoms with Gasteiger partial charge in [0.25, 0.3) is 0 Å². The van der Waals surface area contributed by atoms with Gasteiger partial charge in [0.05, 0.1) is 6.10 Å². The Hall–Kier alpha value is -0.830. The summed E-state index contributed by atoms with van der Waals surface area (Å²) in [5.74, 6) is -0.783. The standard InChI is InChI=1S/C10H16O3/c1-2-7-13-9-5-3-8(4-6-9)10(11)12/h3,9H,2,4-7H2,1H3,(H,11,12)/t9-/m0/s1. The molecule has 0 fully saturated rings. The van der Waals surface area contributed by atoms with Gasteiger partial charge in [-0.2, -0.15) is 0 Å². The van der Waals surface area contributed by atoms with Gasteiger partial charge < -0.3 is 9.84 Å². The average molecular weight is 184 g/mol. The molecule has 1 rings (SSSR count). The second kappa shape index (κ2) is 5.02. The van der Waals surface area contributed by atoms with E-state index >= 15 is 0 Å². The van der Waals surface area contributed by atoms with Crippen molar-refractivity contribution >= 4 is 5.97 Å². The third-order valence-corrected chi connectivity index (χ3v) is 2.20. The molecule has 1 atom stereocenters. The van der Waals surface area contributed by atoms with E-state index in [1.54, 1.807) is 6.08 Å². The Morgan fingerprint density at radius 3 is 3.00 bits per heavy atom. The van der Waals surface area contributed by atoms with E-state index in [4.69, 9.17) is 9.84 Å². The Morgan fingerprint density at radius 2 is 2.54 bits per heavy atom. The van der Waals surface area contributed by atoms with Crippen molar-refractivity contribution in [2.75, 3.05) is 6.61 Å². The summed E-state index contributed by atoms with van der Waals surface area (Å²) >= 11 is 0. The van der Waals surface area contributed by atoms with Crippen molar-refractivity contribution in [1.82, 2.24) is 0 Å². The molecule has 3 heteroatoms. The smallest absolute Gasteiger partial charge is 0.331 e. The van der Waals surface area contributed by atoms with Gasteiger partial charge in [0.15, 0.2) is 0 Å². The molecule has 0 aromatic carbocycles. The van der Waals surface area contributed by atoms with Gasteiger partial charge in [-0.05, 0) is 25.7 Å². The molecule has 1 aliphatic carbocycles. The van der Waals surface area contributed by atoms with Gasteiger partial charge >= 0.3 is 5.97 Å². The van der Waals surface area contributed by atoms with Crippen molar-refractivity contribution in [3.8, 4) is 0 Å². The maximum absolute atomic E-state index is 10.6. The highest BCUT2D eigenvalue weighted by Crippen LogP contribution is 2.20. The first kappa shape index (κ1) is 10.3. The molecule has 0 aromatic heterocycles. The fraction of sp³-hybridized carbons (Fsp3) is 0.700. The lowest BCUT2D eigenvalue weighted by atomic mass is 9.97. The monoisotopic (exact) mass is 184 g/mol. The first-order valence-electron chi connectivity index (χ1n) is 4.78. The predicted octanol–water partition coefficient (Wildman–Crippen LogP) is 1.98. The molecule has 74 valence electrons. The number of rotatable bonds is 4. The quantitative estimate of drug-likeness (QED) is 0.726. The number of carboxylic acid groups (broad SMARTS) is 1. The second-order valence-corrected chi connectivity index (χ2v) is 3.30. The Bertz CT molecular complexity index is 208. The molecule has 0 bridgehead atoms. The fourth-order valence-electron chi connectivity index (χ4n) is 1.44. The van der Waals surface area contributed by atoms with E-state index in [0.29, 0.717) is 12.0 Å². The van der Waals surface area contributed by atoms with Gasteiger partial charge in [0.1, 0.15) is 0 Å². The topological polar surface area (TPSA) is 46.5 Å². The zero-order chi connectivity index (χ0) is 9.68. The van der Waals surface area contributed by atoms with E-state index in [1.165, 1.54) is 0 Å². The molecule has 0 radical (unpaired) electrons.